The average molecular weight is 442 g/mol. The highest BCUT2D eigenvalue weighted by Crippen LogP contribution is 2.31. The fourth-order valence-corrected chi connectivity index (χ4v) is 4.64. The van der Waals surface area contributed by atoms with Gasteiger partial charge in [0.05, 0.1) is 13.0 Å². The van der Waals surface area contributed by atoms with Gasteiger partial charge in [0.1, 0.15) is 18.0 Å². The number of hydrogen-bond acceptors (Lipinski definition) is 6. The molecule has 2 aromatic rings. The third-order valence-corrected chi connectivity index (χ3v) is 6.89. The van der Waals surface area contributed by atoms with Gasteiger partial charge in [0, 0.05) is 44.3 Å². The lowest BCUT2D eigenvalue weighted by Gasteiger charge is -2.36. The van der Waals surface area contributed by atoms with Crippen molar-refractivity contribution in [2.45, 2.75) is 44.7 Å². The molecule has 0 bridgehead atoms. The predicted octanol–water partition coefficient (Wildman–Crippen LogP) is 4.06. The molecule has 0 aliphatic carbocycles. The molecule has 1 amide bonds. The van der Waals surface area contributed by atoms with Gasteiger partial charge in [0.2, 0.25) is 5.91 Å². The number of rotatable bonds is 7. The van der Waals surface area contributed by atoms with E-state index < -0.39 is 0 Å². The number of hydrogen-bond donors (Lipinski definition) is 2. The van der Waals surface area contributed by atoms with Gasteiger partial charge < -0.3 is 14.6 Å². The van der Waals surface area contributed by atoms with Crippen LogP contribution in [-0.2, 0) is 17.6 Å². The number of carbonyl (C=O) groups is 1. The van der Waals surface area contributed by atoms with Gasteiger partial charge in [0.25, 0.3) is 0 Å². The summed E-state index contributed by atoms with van der Waals surface area (Å²) in [6.07, 6.45) is 3.32. The van der Waals surface area contributed by atoms with E-state index in [4.69, 9.17) is 9.29 Å². The summed E-state index contributed by atoms with van der Waals surface area (Å²) in [5.74, 6) is 1.11. The standard InChI is InChI=1S/C24H31N3O3S/c1-17(20-6-5-19-11-14-30-23(19)16-20)27-12-9-21(10-13-27)25-24(28)15-18-3-7-22(8-4-18)26(2)31-29/h3-8,16-17,21,29H,9-15H2,1-2H3,(H,25,28). The number of nitrogens with one attached hydrogen (secondary N) is 1. The number of ether oxygens (including phenoxy) is 1. The average Bonchev–Trinajstić information content (AvgIpc) is 3.27. The van der Waals surface area contributed by atoms with Gasteiger partial charge >= 0.3 is 0 Å². The monoisotopic (exact) mass is 441 g/mol. The Bertz CT molecular complexity index is 897. The largest absolute Gasteiger partial charge is 0.493 e. The lowest BCUT2D eigenvalue weighted by Crippen LogP contribution is -2.45. The maximum atomic E-state index is 12.5. The van der Waals surface area contributed by atoms with Crippen molar-refractivity contribution in [3.05, 3.63) is 59.2 Å². The summed E-state index contributed by atoms with van der Waals surface area (Å²) < 4.78 is 16.5. The summed E-state index contributed by atoms with van der Waals surface area (Å²) in [7, 11) is 1.79. The first kappa shape index (κ1) is 22.0. The van der Waals surface area contributed by atoms with Crippen molar-refractivity contribution < 1.29 is 14.1 Å². The minimum Gasteiger partial charge on any atom is -0.493 e. The van der Waals surface area contributed by atoms with Gasteiger partial charge in [0.15, 0.2) is 0 Å². The smallest absolute Gasteiger partial charge is 0.224 e. The van der Waals surface area contributed by atoms with E-state index in [-0.39, 0.29) is 11.9 Å². The minimum atomic E-state index is 0.0694. The number of fused-ring (bicyclic) bond motifs is 1. The lowest BCUT2D eigenvalue weighted by molar-refractivity contribution is -0.121. The van der Waals surface area contributed by atoms with Gasteiger partial charge in [-0.1, -0.05) is 24.3 Å². The van der Waals surface area contributed by atoms with Crippen LogP contribution in [0.4, 0.5) is 5.69 Å². The molecule has 0 radical (unpaired) electrons. The maximum Gasteiger partial charge on any atom is 0.224 e. The van der Waals surface area contributed by atoms with E-state index in [0.717, 1.165) is 56.0 Å². The van der Waals surface area contributed by atoms with Crippen LogP contribution in [0, 0.1) is 0 Å². The van der Waals surface area contributed by atoms with Crippen molar-refractivity contribution in [2.24, 2.45) is 0 Å². The number of piperidine rings is 1. The molecule has 4 rings (SSSR count). The molecule has 2 aliphatic heterocycles. The molecular weight excluding hydrogens is 410 g/mol. The van der Waals surface area contributed by atoms with Crippen LogP contribution >= 0.6 is 12.2 Å². The molecule has 7 heteroatoms. The number of anilines is 1. The van der Waals surface area contributed by atoms with Crippen LogP contribution < -0.4 is 14.4 Å². The zero-order valence-corrected chi connectivity index (χ0v) is 19.0. The highest BCUT2D eigenvalue weighted by Gasteiger charge is 2.25. The van der Waals surface area contributed by atoms with Gasteiger partial charge in [-0.25, -0.2) is 0 Å². The van der Waals surface area contributed by atoms with Crippen LogP contribution in [0.1, 0.15) is 42.5 Å². The molecular formula is C24H31N3O3S. The Morgan fingerprint density at radius 2 is 2.00 bits per heavy atom. The summed E-state index contributed by atoms with van der Waals surface area (Å²) in [6.45, 7) is 5.00. The topological polar surface area (TPSA) is 65.0 Å². The summed E-state index contributed by atoms with van der Waals surface area (Å²) in [4.78, 5) is 15.0. The third-order valence-electron chi connectivity index (χ3n) is 6.43. The minimum absolute atomic E-state index is 0.0694. The van der Waals surface area contributed by atoms with Crippen LogP contribution in [0.5, 0.6) is 5.75 Å². The Labute approximate surface area is 188 Å². The Hall–Kier alpha value is -2.22. The van der Waals surface area contributed by atoms with Crippen LogP contribution in [0.3, 0.4) is 0 Å². The molecule has 1 saturated heterocycles. The summed E-state index contributed by atoms with van der Waals surface area (Å²) >= 11 is 0.670. The third kappa shape index (κ3) is 5.34. The van der Waals surface area contributed by atoms with E-state index >= 15 is 0 Å². The number of amides is 1. The first-order valence-corrected chi connectivity index (χ1v) is 11.7. The van der Waals surface area contributed by atoms with Gasteiger partial charge in [-0.15, -0.1) is 0 Å². The molecule has 0 saturated carbocycles. The van der Waals surface area contributed by atoms with E-state index in [9.17, 15) is 4.79 Å². The molecule has 31 heavy (non-hydrogen) atoms. The van der Waals surface area contributed by atoms with Gasteiger partial charge in [-0.05, 0) is 54.7 Å². The quantitative estimate of drug-likeness (QED) is 0.499. The van der Waals surface area contributed by atoms with Crippen molar-refractivity contribution in [3.63, 3.8) is 0 Å². The molecule has 0 aromatic heterocycles. The van der Waals surface area contributed by atoms with Crippen molar-refractivity contribution in [3.8, 4) is 5.75 Å². The molecule has 0 spiro atoms. The number of nitrogens with zero attached hydrogens (tertiary/aromatic N) is 2. The molecule has 1 unspecified atom stereocenters. The molecule has 2 heterocycles. The first-order chi connectivity index (χ1) is 15.0. The second-order valence-corrected chi connectivity index (χ2v) is 9.15. The van der Waals surface area contributed by atoms with Crippen LogP contribution in [-0.4, -0.2) is 48.1 Å². The van der Waals surface area contributed by atoms with E-state index in [1.807, 2.05) is 24.3 Å². The zero-order chi connectivity index (χ0) is 21.8. The fraction of sp³-hybridized carbons (Fsp3) is 0.458. The highest BCUT2D eigenvalue weighted by atomic mass is 32.2. The molecule has 2 aromatic carbocycles. The molecule has 1 fully saturated rings. The van der Waals surface area contributed by atoms with Gasteiger partial charge in [-0.3, -0.25) is 14.0 Å². The fourth-order valence-electron chi connectivity index (χ4n) is 4.42. The Morgan fingerprint density at radius 3 is 2.71 bits per heavy atom. The number of benzene rings is 2. The van der Waals surface area contributed by atoms with Crippen LogP contribution in [0.2, 0.25) is 0 Å². The predicted molar refractivity (Wildman–Crippen MR) is 126 cm³/mol. The van der Waals surface area contributed by atoms with Crippen molar-refractivity contribution >= 4 is 23.8 Å². The van der Waals surface area contributed by atoms with Crippen LogP contribution in [0.15, 0.2) is 42.5 Å². The van der Waals surface area contributed by atoms with Crippen LogP contribution in [0.25, 0.3) is 0 Å². The number of carbonyl (C=O) groups excluding carboxylic acids is 1. The van der Waals surface area contributed by atoms with Gasteiger partial charge in [-0.2, -0.15) is 0 Å². The Balaban J connectivity index is 1.24. The van der Waals surface area contributed by atoms with E-state index in [1.165, 1.54) is 11.1 Å². The molecule has 166 valence electrons. The van der Waals surface area contributed by atoms with E-state index in [2.05, 4.69) is 35.3 Å². The summed E-state index contributed by atoms with van der Waals surface area (Å²) in [5, 5.41) is 3.21. The maximum absolute atomic E-state index is 12.5. The highest BCUT2D eigenvalue weighted by molar-refractivity contribution is 7.95. The van der Waals surface area contributed by atoms with E-state index in [1.54, 1.807) is 11.4 Å². The zero-order valence-electron chi connectivity index (χ0n) is 18.2. The first-order valence-electron chi connectivity index (χ1n) is 11.0. The van der Waals surface area contributed by atoms with Crippen molar-refractivity contribution in [2.75, 3.05) is 31.0 Å². The summed E-state index contributed by atoms with van der Waals surface area (Å²) in [5.41, 5.74) is 4.48. The van der Waals surface area contributed by atoms with Crippen molar-refractivity contribution in [1.29, 1.82) is 0 Å². The SMILES string of the molecule is CC(c1ccc2c(c1)OCC2)N1CCC(NC(=O)Cc2ccc(N(C)SO)cc2)CC1. The van der Waals surface area contributed by atoms with E-state index in [0.29, 0.717) is 24.7 Å². The summed E-state index contributed by atoms with van der Waals surface area (Å²) in [6, 6.07) is 14.9. The Kier molecular flexibility index (Phi) is 7.05. The second kappa shape index (κ2) is 9.94. The molecule has 6 nitrogen and oxygen atoms in total. The number of likely N-dealkylation sites (tertiary alicyclic amines) is 1. The molecule has 2 N–H and O–H groups in total. The normalized spacial score (nSPS) is 17.6. The van der Waals surface area contributed by atoms with Crippen molar-refractivity contribution in [1.82, 2.24) is 10.2 Å². The lowest BCUT2D eigenvalue weighted by atomic mass is 9.98. The second-order valence-electron chi connectivity index (χ2n) is 8.44. The molecule has 2 aliphatic rings. The Morgan fingerprint density at radius 1 is 1.26 bits per heavy atom. The molecule has 1 atom stereocenters.